The number of carbonyl (C=O) groups excluding carboxylic acids is 2. The fourth-order valence-corrected chi connectivity index (χ4v) is 3.16. The van der Waals surface area contributed by atoms with Crippen LogP contribution in [0.5, 0.6) is 0 Å². The van der Waals surface area contributed by atoms with Gasteiger partial charge >= 0.3 is 0 Å². The lowest BCUT2D eigenvalue weighted by atomic mass is 10.1. The van der Waals surface area contributed by atoms with Gasteiger partial charge in [-0.3, -0.25) is 14.4 Å². The molecule has 1 aromatic heterocycles. The summed E-state index contributed by atoms with van der Waals surface area (Å²) in [7, 11) is 0. The molecule has 3 aromatic rings. The average molecular weight is 421 g/mol. The van der Waals surface area contributed by atoms with Gasteiger partial charge in [0.05, 0.1) is 0 Å². The molecule has 0 fully saturated rings. The van der Waals surface area contributed by atoms with Crippen LogP contribution in [0.4, 0.5) is 4.39 Å². The van der Waals surface area contributed by atoms with Crippen molar-refractivity contribution in [1.29, 1.82) is 0 Å². The van der Waals surface area contributed by atoms with Crippen molar-refractivity contribution in [2.75, 3.05) is 13.1 Å². The number of aromatic nitrogens is 1. The van der Waals surface area contributed by atoms with Gasteiger partial charge in [0, 0.05) is 32.0 Å². The fraction of sp³-hybridized carbons (Fsp3) is 0.208. The van der Waals surface area contributed by atoms with Crippen LogP contribution in [0.2, 0.25) is 0 Å². The third kappa shape index (κ3) is 5.88. The number of hydrogen-bond acceptors (Lipinski definition) is 3. The molecule has 0 spiro atoms. The highest BCUT2D eigenvalue weighted by Crippen LogP contribution is 2.06. The zero-order chi connectivity index (χ0) is 22.2. The van der Waals surface area contributed by atoms with Gasteiger partial charge in [-0.15, -0.1) is 0 Å². The van der Waals surface area contributed by atoms with Crippen LogP contribution in [0, 0.1) is 5.82 Å². The third-order valence-corrected chi connectivity index (χ3v) is 4.73. The van der Waals surface area contributed by atoms with Crippen LogP contribution >= 0.6 is 0 Å². The quantitative estimate of drug-likeness (QED) is 0.587. The summed E-state index contributed by atoms with van der Waals surface area (Å²) in [5, 5.41) is 5.33. The Balaban J connectivity index is 1.82. The van der Waals surface area contributed by atoms with E-state index in [2.05, 4.69) is 10.6 Å². The lowest BCUT2D eigenvalue weighted by Gasteiger charge is -2.13. The van der Waals surface area contributed by atoms with E-state index in [1.165, 1.54) is 24.5 Å². The first-order chi connectivity index (χ1) is 15.0. The number of rotatable bonds is 8. The first-order valence-corrected chi connectivity index (χ1v) is 10.1. The molecule has 0 saturated heterocycles. The molecule has 0 bridgehead atoms. The Morgan fingerprint density at radius 1 is 0.871 bits per heavy atom. The van der Waals surface area contributed by atoms with Crippen molar-refractivity contribution < 1.29 is 14.0 Å². The summed E-state index contributed by atoms with van der Waals surface area (Å²) in [6.45, 7) is 2.80. The predicted octanol–water partition coefficient (Wildman–Crippen LogP) is 2.76. The highest BCUT2D eigenvalue weighted by atomic mass is 19.1. The number of benzene rings is 2. The molecule has 7 heteroatoms. The largest absolute Gasteiger partial charge is 0.352 e. The minimum atomic E-state index is -0.616. The number of halogens is 1. The molecule has 0 unspecified atom stereocenters. The standard InChI is InChI=1S/C24H24FN3O3/c1-2-26-23(30)20-15-28(14-18-6-4-3-5-7-18)16-21(22(20)29)24(31)27-13-12-17-8-10-19(25)11-9-17/h3-11,15-16H,2,12-14H2,1H3,(H,26,30)(H,27,31). The lowest BCUT2D eigenvalue weighted by Crippen LogP contribution is -2.36. The van der Waals surface area contributed by atoms with E-state index in [-0.39, 0.29) is 23.5 Å². The molecule has 1 heterocycles. The molecule has 160 valence electrons. The van der Waals surface area contributed by atoms with Gasteiger partial charge in [-0.25, -0.2) is 4.39 Å². The molecule has 0 radical (unpaired) electrons. The second-order valence-electron chi connectivity index (χ2n) is 7.06. The van der Waals surface area contributed by atoms with Crippen LogP contribution in [0.15, 0.2) is 71.8 Å². The van der Waals surface area contributed by atoms with Gasteiger partial charge in [-0.2, -0.15) is 0 Å². The summed E-state index contributed by atoms with van der Waals surface area (Å²) >= 11 is 0. The second kappa shape index (κ2) is 10.3. The van der Waals surface area contributed by atoms with Crippen molar-refractivity contribution in [2.24, 2.45) is 0 Å². The van der Waals surface area contributed by atoms with Crippen LogP contribution < -0.4 is 16.1 Å². The second-order valence-corrected chi connectivity index (χ2v) is 7.06. The van der Waals surface area contributed by atoms with E-state index in [1.54, 1.807) is 23.6 Å². The third-order valence-electron chi connectivity index (χ3n) is 4.73. The molecule has 0 aliphatic heterocycles. The maximum absolute atomic E-state index is 13.0. The van der Waals surface area contributed by atoms with Crippen molar-refractivity contribution in [1.82, 2.24) is 15.2 Å². The predicted molar refractivity (Wildman–Crippen MR) is 117 cm³/mol. The van der Waals surface area contributed by atoms with Crippen molar-refractivity contribution in [2.45, 2.75) is 19.9 Å². The summed E-state index contributed by atoms with van der Waals surface area (Å²) < 4.78 is 14.7. The van der Waals surface area contributed by atoms with Gasteiger partial charge in [0.25, 0.3) is 11.8 Å². The summed E-state index contributed by atoms with van der Waals surface area (Å²) in [6, 6.07) is 15.5. The van der Waals surface area contributed by atoms with Gasteiger partial charge in [0.1, 0.15) is 16.9 Å². The Labute approximate surface area is 179 Å². The summed E-state index contributed by atoms with van der Waals surface area (Å²) in [5.41, 5.74) is 1.03. The highest BCUT2D eigenvalue weighted by Gasteiger charge is 2.19. The fourth-order valence-electron chi connectivity index (χ4n) is 3.16. The van der Waals surface area contributed by atoms with E-state index in [4.69, 9.17) is 0 Å². The first kappa shape index (κ1) is 22.0. The number of amides is 2. The summed E-state index contributed by atoms with van der Waals surface area (Å²) in [4.78, 5) is 37.9. The average Bonchev–Trinajstić information content (AvgIpc) is 2.77. The maximum Gasteiger partial charge on any atom is 0.256 e. The molecular weight excluding hydrogens is 397 g/mol. The Kier molecular flexibility index (Phi) is 7.32. The minimum Gasteiger partial charge on any atom is -0.352 e. The monoisotopic (exact) mass is 421 g/mol. The Morgan fingerprint density at radius 3 is 2.10 bits per heavy atom. The van der Waals surface area contributed by atoms with Gasteiger partial charge in [0.15, 0.2) is 0 Å². The van der Waals surface area contributed by atoms with Crippen molar-refractivity contribution in [3.05, 3.63) is 105 Å². The smallest absolute Gasteiger partial charge is 0.256 e. The summed E-state index contributed by atoms with van der Waals surface area (Å²) in [5.74, 6) is -1.40. The van der Waals surface area contributed by atoms with Crippen molar-refractivity contribution in [3.63, 3.8) is 0 Å². The molecule has 0 atom stereocenters. The van der Waals surface area contributed by atoms with E-state index < -0.39 is 17.2 Å². The molecule has 31 heavy (non-hydrogen) atoms. The first-order valence-electron chi connectivity index (χ1n) is 10.1. The Hall–Kier alpha value is -3.74. The highest BCUT2D eigenvalue weighted by molar-refractivity contribution is 5.99. The van der Waals surface area contributed by atoms with Crippen LogP contribution in [0.25, 0.3) is 0 Å². The van der Waals surface area contributed by atoms with Gasteiger partial charge < -0.3 is 15.2 Å². The normalized spacial score (nSPS) is 10.5. The van der Waals surface area contributed by atoms with E-state index >= 15 is 0 Å². The maximum atomic E-state index is 13.0. The molecular formula is C24H24FN3O3. The van der Waals surface area contributed by atoms with Crippen LogP contribution in [0.1, 0.15) is 38.8 Å². The topological polar surface area (TPSA) is 80.2 Å². The minimum absolute atomic E-state index is 0.0797. The van der Waals surface area contributed by atoms with Crippen LogP contribution in [-0.2, 0) is 13.0 Å². The molecule has 0 aliphatic rings. The zero-order valence-corrected chi connectivity index (χ0v) is 17.2. The lowest BCUT2D eigenvalue weighted by molar-refractivity contribution is 0.0951. The number of nitrogens with one attached hydrogen (secondary N) is 2. The van der Waals surface area contributed by atoms with E-state index in [1.807, 2.05) is 30.3 Å². The number of nitrogens with zero attached hydrogens (tertiary/aromatic N) is 1. The summed E-state index contributed by atoms with van der Waals surface area (Å²) in [6.07, 6.45) is 3.42. The van der Waals surface area contributed by atoms with E-state index in [0.717, 1.165) is 11.1 Å². The number of hydrogen-bond donors (Lipinski definition) is 2. The molecule has 3 rings (SSSR count). The van der Waals surface area contributed by atoms with Crippen molar-refractivity contribution >= 4 is 11.8 Å². The molecule has 2 amide bonds. The SMILES string of the molecule is CCNC(=O)c1cn(Cc2ccccc2)cc(C(=O)NCCc2ccc(F)cc2)c1=O. The van der Waals surface area contributed by atoms with Crippen LogP contribution in [0.3, 0.4) is 0 Å². The van der Waals surface area contributed by atoms with Gasteiger partial charge in [0.2, 0.25) is 5.43 Å². The number of carbonyl (C=O) groups is 2. The van der Waals surface area contributed by atoms with Gasteiger partial charge in [-0.05, 0) is 36.6 Å². The molecule has 2 N–H and O–H groups in total. The molecule has 2 aromatic carbocycles. The van der Waals surface area contributed by atoms with Crippen LogP contribution in [-0.4, -0.2) is 29.5 Å². The van der Waals surface area contributed by atoms with Gasteiger partial charge in [-0.1, -0.05) is 42.5 Å². The van der Waals surface area contributed by atoms with E-state index in [0.29, 0.717) is 19.5 Å². The van der Waals surface area contributed by atoms with E-state index in [9.17, 15) is 18.8 Å². The van der Waals surface area contributed by atoms with Crippen molar-refractivity contribution in [3.8, 4) is 0 Å². The molecule has 6 nitrogen and oxygen atoms in total. The Bertz CT molecular complexity index is 1110. The zero-order valence-electron chi connectivity index (χ0n) is 17.2. The number of pyridine rings is 1. The molecule has 0 aliphatic carbocycles. The Morgan fingerprint density at radius 2 is 1.48 bits per heavy atom. The molecule has 0 saturated carbocycles.